The van der Waals surface area contributed by atoms with Gasteiger partial charge < -0.3 is 10.6 Å². The van der Waals surface area contributed by atoms with Gasteiger partial charge in [0.1, 0.15) is 0 Å². The molecule has 1 fully saturated rings. The van der Waals surface area contributed by atoms with E-state index in [-0.39, 0.29) is 42.9 Å². The first-order valence-corrected chi connectivity index (χ1v) is 8.05. The second kappa shape index (κ2) is 6.11. The van der Waals surface area contributed by atoms with Crippen molar-refractivity contribution in [2.24, 2.45) is 0 Å². The number of hydrogen-bond acceptors (Lipinski definition) is 4. The van der Waals surface area contributed by atoms with E-state index in [0.717, 1.165) is 4.47 Å². The number of rotatable bonds is 1. The third-order valence-electron chi connectivity index (χ3n) is 2.88. The largest absolute Gasteiger partial charge is 0.398 e. The van der Waals surface area contributed by atoms with Crippen molar-refractivity contribution in [3.63, 3.8) is 0 Å². The molecule has 5 nitrogen and oxygen atoms in total. The number of sulfone groups is 1. The highest BCUT2D eigenvalue weighted by molar-refractivity contribution is 9.10. The van der Waals surface area contributed by atoms with Crippen LogP contribution in [0.5, 0.6) is 0 Å². The molecule has 1 amide bonds. The molecule has 0 spiro atoms. The lowest BCUT2D eigenvalue weighted by Gasteiger charge is -2.27. The number of nitrogens with zero attached hydrogens (tertiary/aromatic N) is 1. The summed E-state index contributed by atoms with van der Waals surface area (Å²) in [6.45, 7) is 0.466. The minimum absolute atomic E-state index is 0. The number of anilines is 1. The van der Waals surface area contributed by atoms with Crippen LogP contribution in [0.25, 0.3) is 0 Å². The quantitative estimate of drug-likeness (QED) is 0.757. The van der Waals surface area contributed by atoms with E-state index in [4.69, 9.17) is 5.73 Å². The lowest BCUT2D eigenvalue weighted by molar-refractivity contribution is 0.0771. The van der Waals surface area contributed by atoms with Crippen molar-refractivity contribution in [1.82, 2.24) is 4.90 Å². The van der Waals surface area contributed by atoms with E-state index in [2.05, 4.69) is 15.9 Å². The Morgan fingerprint density at radius 2 is 1.84 bits per heavy atom. The summed E-state index contributed by atoms with van der Waals surface area (Å²) in [7, 11) is -2.98. The molecule has 0 saturated carbocycles. The van der Waals surface area contributed by atoms with Crippen molar-refractivity contribution < 1.29 is 13.2 Å². The third kappa shape index (κ3) is 3.84. The molecule has 0 radical (unpaired) electrons. The fourth-order valence-electron chi connectivity index (χ4n) is 1.81. The zero-order chi connectivity index (χ0) is 13.3. The minimum atomic E-state index is -2.98. The topological polar surface area (TPSA) is 80.5 Å². The molecule has 2 rings (SSSR count). The molecule has 0 atom stereocenters. The van der Waals surface area contributed by atoms with Crippen molar-refractivity contribution >= 4 is 49.8 Å². The molecule has 0 aliphatic carbocycles. The highest BCUT2D eigenvalue weighted by Gasteiger charge is 2.26. The van der Waals surface area contributed by atoms with E-state index < -0.39 is 9.84 Å². The summed E-state index contributed by atoms with van der Waals surface area (Å²) in [4.78, 5) is 13.7. The van der Waals surface area contributed by atoms with Gasteiger partial charge in [0.25, 0.3) is 5.91 Å². The molecule has 0 unspecified atom stereocenters. The summed E-state index contributed by atoms with van der Waals surface area (Å²) in [6.07, 6.45) is 0. The molecular weight excluding hydrogens is 356 g/mol. The van der Waals surface area contributed by atoms with Crippen LogP contribution >= 0.6 is 28.3 Å². The van der Waals surface area contributed by atoms with Crippen LogP contribution in [0.3, 0.4) is 0 Å². The Balaban J connectivity index is 0.00000180. The predicted octanol–water partition coefficient (Wildman–Crippen LogP) is 1.32. The maximum Gasteiger partial charge on any atom is 0.256 e. The van der Waals surface area contributed by atoms with Gasteiger partial charge >= 0.3 is 0 Å². The van der Waals surface area contributed by atoms with Crippen LogP contribution in [0, 0.1) is 0 Å². The van der Waals surface area contributed by atoms with Crippen molar-refractivity contribution in [2.45, 2.75) is 0 Å². The van der Waals surface area contributed by atoms with Crippen LogP contribution in [0.4, 0.5) is 5.69 Å². The SMILES string of the molecule is Cl.Nc1cc(Br)ccc1C(=O)N1CCS(=O)(=O)CC1. The van der Waals surface area contributed by atoms with Crippen LogP contribution in [0.15, 0.2) is 22.7 Å². The van der Waals surface area contributed by atoms with Crippen molar-refractivity contribution in [2.75, 3.05) is 30.3 Å². The molecule has 1 aromatic carbocycles. The average molecular weight is 370 g/mol. The van der Waals surface area contributed by atoms with Crippen molar-refractivity contribution in [3.8, 4) is 0 Å². The van der Waals surface area contributed by atoms with Crippen LogP contribution < -0.4 is 5.73 Å². The summed E-state index contributed by atoms with van der Waals surface area (Å²) in [6, 6.07) is 5.04. The fourth-order valence-corrected chi connectivity index (χ4v) is 3.39. The van der Waals surface area contributed by atoms with Gasteiger partial charge in [0, 0.05) is 23.2 Å². The molecule has 8 heteroatoms. The minimum Gasteiger partial charge on any atom is -0.398 e. The molecule has 1 aromatic rings. The van der Waals surface area contributed by atoms with Crippen LogP contribution in [-0.4, -0.2) is 43.8 Å². The Morgan fingerprint density at radius 1 is 1.26 bits per heavy atom. The lowest BCUT2D eigenvalue weighted by atomic mass is 10.1. The Labute approximate surface area is 126 Å². The summed E-state index contributed by atoms with van der Waals surface area (Å²) < 4.78 is 23.4. The highest BCUT2D eigenvalue weighted by atomic mass is 79.9. The molecule has 0 bridgehead atoms. The molecule has 0 aromatic heterocycles. The van der Waals surface area contributed by atoms with Crippen LogP contribution in [0.2, 0.25) is 0 Å². The van der Waals surface area contributed by atoms with Crippen molar-refractivity contribution in [3.05, 3.63) is 28.2 Å². The van der Waals surface area contributed by atoms with Gasteiger partial charge in [0.05, 0.1) is 17.1 Å². The number of halogens is 2. The fraction of sp³-hybridized carbons (Fsp3) is 0.364. The number of carbonyl (C=O) groups excluding carboxylic acids is 1. The summed E-state index contributed by atoms with van der Waals surface area (Å²) in [5, 5.41) is 0. The van der Waals surface area contributed by atoms with E-state index in [9.17, 15) is 13.2 Å². The standard InChI is InChI=1S/C11H13BrN2O3S.ClH/c12-8-1-2-9(10(13)7-8)11(15)14-3-5-18(16,17)6-4-14;/h1-2,7H,3-6,13H2;1H. The van der Waals surface area contributed by atoms with Crippen molar-refractivity contribution in [1.29, 1.82) is 0 Å². The third-order valence-corrected chi connectivity index (χ3v) is 4.98. The second-order valence-electron chi connectivity index (χ2n) is 4.18. The van der Waals surface area contributed by atoms with E-state index in [1.807, 2.05) is 0 Å². The summed E-state index contributed by atoms with van der Waals surface area (Å²) >= 11 is 3.27. The summed E-state index contributed by atoms with van der Waals surface area (Å²) in [5.41, 5.74) is 6.59. The van der Waals surface area contributed by atoms with Crippen LogP contribution in [0.1, 0.15) is 10.4 Å². The first kappa shape index (κ1) is 16.3. The Kier molecular flexibility index (Phi) is 5.23. The van der Waals surface area contributed by atoms with Gasteiger partial charge in [-0.1, -0.05) is 15.9 Å². The highest BCUT2D eigenvalue weighted by Crippen LogP contribution is 2.20. The zero-order valence-corrected chi connectivity index (χ0v) is 13.2. The average Bonchev–Trinajstić information content (AvgIpc) is 2.28. The number of hydrogen-bond donors (Lipinski definition) is 1. The number of nitrogen functional groups attached to an aromatic ring is 1. The Bertz CT molecular complexity index is 578. The number of carbonyl (C=O) groups is 1. The smallest absolute Gasteiger partial charge is 0.256 e. The Morgan fingerprint density at radius 3 is 2.37 bits per heavy atom. The molecule has 1 aliphatic heterocycles. The predicted molar refractivity (Wildman–Crippen MR) is 80.4 cm³/mol. The maximum atomic E-state index is 12.2. The normalized spacial score (nSPS) is 17.6. The molecule has 1 aliphatic rings. The van der Waals surface area contributed by atoms with E-state index in [1.54, 1.807) is 18.2 Å². The maximum absolute atomic E-state index is 12.2. The van der Waals surface area contributed by atoms with Gasteiger partial charge in [0.15, 0.2) is 9.84 Å². The number of amides is 1. The summed E-state index contributed by atoms with van der Waals surface area (Å²) in [5.74, 6) is -0.167. The lowest BCUT2D eigenvalue weighted by Crippen LogP contribution is -2.43. The van der Waals surface area contributed by atoms with Gasteiger partial charge in [-0.25, -0.2) is 8.42 Å². The van der Waals surface area contributed by atoms with Crippen LogP contribution in [-0.2, 0) is 9.84 Å². The Hall–Kier alpha value is -0.790. The molecule has 2 N–H and O–H groups in total. The van der Waals surface area contributed by atoms with E-state index >= 15 is 0 Å². The zero-order valence-electron chi connectivity index (χ0n) is 10.0. The molecule has 19 heavy (non-hydrogen) atoms. The van der Waals surface area contributed by atoms with Gasteiger partial charge in [-0.05, 0) is 18.2 Å². The first-order valence-electron chi connectivity index (χ1n) is 5.44. The monoisotopic (exact) mass is 368 g/mol. The second-order valence-corrected chi connectivity index (χ2v) is 7.39. The number of nitrogens with two attached hydrogens (primary N) is 1. The molecular formula is C11H14BrClN2O3S. The first-order chi connectivity index (χ1) is 8.39. The molecule has 1 saturated heterocycles. The van der Waals surface area contributed by atoms with Gasteiger partial charge in [0.2, 0.25) is 0 Å². The van der Waals surface area contributed by atoms with E-state index in [1.165, 1.54) is 4.90 Å². The van der Waals surface area contributed by atoms with E-state index in [0.29, 0.717) is 11.3 Å². The van der Waals surface area contributed by atoms with Gasteiger partial charge in [-0.15, -0.1) is 12.4 Å². The van der Waals surface area contributed by atoms with Gasteiger partial charge in [-0.3, -0.25) is 4.79 Å². The van der Waals surface area contributed by atoms with Gasteiger partial charge in [-0.2, -0.15) is 0 Å². The molecule has 106 valence electrons. The number of benzene rings is 1. The molecule has 1 heterocycles.